The summed E-state index contributed by atoms with van der Waals surface area (Å²) in [4.78, 5) is 15.7. The van der Waals surface area contributed by atoms with Crippen molar-refractivity contribution in [1.82, 2.24) is 19.9 Å². The Morgan fingerprint density at radius 2 is 2.26 bits per heavy atom. The Morgan fingerprint density at radius 1 is 1.35 bits per heavy atom. The molecule has 0 amide bonds. The van der Waals surface area contributed by atoms with Crippen LogP contribution >= 0.6 is 11.8 Å². The number of nitrogens with zero attached hydrogens (tertiary/aromatic N) is 4. The van der Waals surface area contributed by atoms with Crippen molar-refractivity contribution in [2.45, 2.75) is 31.0 Å². The van der Waals surface area contributed by atoms with Gasteiger partial charge in [0.25, 0.3) is 0 Å². The molecule has 3 heterocycles. The van der Waals surface area contributed by atoms with Gasteiger partial charge in [-0.25, -0.2) is 4.98 Å². The molecular formula is C17H23N5S. The molecule has 0 spiro atoms. The molecule has 2 atom stereocenters. The second-order valence-corrected chi connectivity index (χ2v) is 6.85. The predicted molar refractivity (Wildman–Crippen MR) is 94.5 cm³/mol. The maximum absolute atomic E-state index is 4.57. The normalized spacial score (nSPS) is 22.0. The Kier molecular flexibility index (Phi) is 5.46. The van der Waals surface area contributed by atoms with Crippen LogP contribution in [0, 0.1) is 5.92 Å². The minimum atomic E-state index is 0.446. The van der Waals surface area contributed by atoms with E-state index in [0.29, 0.717) is 12.0 Å². The molecule has 122 valence electrons. The van der Waals surface area contributed by atoms with Crippen LogP contribution in [0.5, 0.6) is 0 Å². The molecule has 5 nitrogen and oxygen atoms in total. The first-order valence-electron chi connectivity index (χ1n) is 7.99. The SMILES string of the molecule is CSc1cncc(N[C@H]2CCN(Cc3ccccn3)C[C@@H]2C)n1. The van der Waals surface area contributed by atoms with E-state index in [1.54, 1.807) is 18.0 Å². The lowest BCUT2D eigenvalue weighted by atomic mass is 9.93. The third kappa shape index (κ3) is 4.42. The molecule has 3 rings (SSSR count). The summed E-state index contributed by atoms with van der Waals surface area (Å²) in [6.45, 7) is 5.38. The van der Waals surface area contributed by atoms with Crippen molar-refractivity contribution in [3.05, 3.63) is 42.5 Å². The van der Waals surface area contributed by atoms with Crippen molar-refractivity contribution in [3.8, 4) is 0 Å². The standard InChI is InChI=1S/C17H23N5S/c1-13-11-22(12-14-5-3-4-7-19-14)8-6-15(13)20-16-9-18-10-17(21-16)23-2/h3-5,7,9-10,13,15H,6,8,11-12H2,1-2H3,(H,20,21)/t13-,15-/m0/s1. The Labute approximate surface area is 141 Å². The number of aromatic nitrogens is 3. The lowest BCUT2D eigenvalue weighted by molar-refractivity contribution is 0.163. The summed E-state index contributed by atoms with van der Waals surface area (Å²) < 4.78 is 0. The van der Waals surface area contributed by atoms with Gasteiger partial charge in [-0.2, -0.15) is 0 Å². The number of anilines is 1. The zero-order chi connectivity index (χ0) is 16.1. The molecule has 0 saturated carbocycles. The number of hydrogen-bond acceptors (Lipinski definition) is 6. The van der Waals surface area contributed by atoms with Gasteiger partial charge in [0.05, 0.1) is 18.1 Å². The molecule has 1 aliphatic rings. The average molecular weight is 329 g/mol. The van der Waals surface area contributed by atoms with Crippen molar-refractivity contribution < 1.29 is 0 Å². The Bertz CT molecular complexity index is 621. The molecule has 1 saturated heterocycles. The Hall–Kier alpha value is -1.66. The first kappa shape index (κ1) is 16.2. The van der Waals surface area contributed by atoms with Crippen molar-refractivity contribution in [3.63, 3.8) is 0 Å². The number of pyridine rings is 1. The predicted octanol–water partition coefficient (Wildman–Crippen LogP) is 2.92. The first-order chi connectivity index (χ1) is 11.2. The molecule has 6 heteroatoms. The lowest BCUT2D eigenvalue weighted by Crippen LogP contribution is -2.45. The van der Waals surface area contributed by atoms with Gasteiger partial charge in [-0.15, -0.1) is 11.8 Å². The summed E-state index contributed by atoms with van der Waals surface area (Å²) in [7, 11) is 0. The molecule has 0 bridgehead atoms. The average Bonchev–Trinajstić information content (AvgIpc) is 2.58. The van der Waals surface area contributed by atoms with E-state index in [1.807, 2.05) is 24.7 Å². The zero-order valence-corrected chi connectivity index (χ0v) is 14.5. The van der Waals surface area contributed by atoms with Crippen LogP contribution in [-0.4, -0.2) is 45.2 Å². The van der Waals surface area contributed by atoms with Crippen LogP contribution in [0.2, 0.25) is 0 Å². The zero-order valence-electron chi connectivity index (χ0n) is 13.6. The number of rotatable bonds is 5. The van der Waals surface area contributed by atoms with E-state index in [1.165, 1.54) is 0 Å². The van der Waals surface area contributed by atoms with Gasteiger partial charge in [-0.3, -0.25) is 14.9 Å². The molecule has 0 aliphatic carbocycles. The van der Waals surface area contributed by atoms with Gasteiger partial charge < -0.3 is 5.32 Å². The fraction of sp³-hybridized carbons (Fsp3) is 0.471. The maximum Gasteiger partial charge on any atom is 0.146 e. The van der Waals surface area contributed by atoms with Crippen molar-refractivity contribution in [2.75, 3.05) is 24.7 Å². The summed E-state index contributed by atoms with van der Waals surface area (Å²) in [5, 5.41) is 4.51. The quantitative estimate of drug-likeness (QED) is 0.851. The molecular weight excluding hydrogens is 306 g/mol. The molecule has 23 heavy (non-hydrogen) atoms. The molecule has 0 unspecified atom stereocenters. The lowest BCUT2D eigenvalue weighted by Gasteiger charge is -2.37. The van der Waals surface area contributed by atoms with Gasteiger partial charge in [0.1, 0.15) is 10.8 Å². The summed E-state index contributed by atoms with van der Waals surface area (Å²) in [5.41, 5.74) is 1.14. The number of thioether (sulfide) groups is 1. The smallest absolute Gasteiger partial charge is 0.146 e. The monoisotopic (exact) mass is 329 g/mol. The highest BCUT2D eigenvalue weighted by Gasteiger charge is 2.26. The van der Waals surface area contributed by atoms with Crippen LogP contribution in [0.15, 0.2) is 41.8 Å². The molecule has 2 aromatic rings. The second kappa shape index (κ2) is 7.75. The van der Waals surface area contributed by atoms with E-state index in [4.69, 9.17) is 0 Å². The highest BCUT2D eigenvalue weighted by Crippen LogP contribution is 2.22. The third-order valence-corrected chi connectivity index (χ3v) is 4.87. The van der Waals surface area contributed by atoms with Gasteiger partial charge in [0.15, 0.2) is 0 Å². The van der Waals surface area contributed by atoms with Gasteiger partial charge in [-0.1, -0.05) is 13.0 Å². The molecule has 1 aliphatic heterocycles. The van der Waals surface area contributed by atoms with Crippen LogP contribution in [0.1, 0.15) is 19.0 Å². The number of likely N-dealkylation sites (tertiary alicyclic amines) is 1. The van der Waals surface area contributed by atoms with E-state index in [0.717, 1.165) is 42.6 Å². The van der Waals surface area contributed by atoms with E-state index in [2.05, 4.69) is 44.2 Å². The summed E-state index contributed by atoms with van der Waals surface area (Å²) in [5.74, 6) is 1.44. The van der Waals surface area contributed by atoms with Gasteiger partial charge in [0.2, 0.25) is 0 Å². The third-order valence-electron chi connectivity index (χ3n) is 4.26. The molecule has 1 fully saturated rings. The van der Waals surface area contributed by atoms with Gasteiger partial charge in [-0.05, 0) is 30.7 Å². The van der Waals surface area contributed by atoms with Gasteiger partial charge in [0, 0.05) is 31.9 Å². The second-order valence-electron chi connectivity index (χ2n) is 6.02. The first-order valence-corrected chi connectivity index (χ1v) is 9.22. The summed E-state index contributed by atoms with van der Waals surface area (Å²) in [6.07, 6.45) is 8.61. The fourth-order valence-corrected chi connectivity index (χ4v) is 3.37. The van der Waals surface area contributed by atoms with Crippen LogP contribution < -0.4 is 5.32 Å². The maximum atomic E-state index is 4.57. The number of hydrogen-bond donors (Lipinski definition) is 1. The topological polar surface area (TPSA) is 53.9 Å². The van der Waals surface area contributed by atoms with Crippen LogP contribution in [0.3, 0.4) is 0 Å². The van der Waals surface area contributed by atoms with Crippen molar-refractivity contribution >= 4 is 17.6 Å². The van der Waals surface area contributed by atoms with Crippen LogP contribution in [0.4, 0.5) is 5.82 Å². The van der Waals surface area contributed by atoms with Crippen LogP contribution in [0.25, 0.3) is 0 Å². The largest absolute Gasteiger partial charge is 0.366 e. The van der Waals surface area contributed by atoms with E-state index < -0.39 is 0 Å². The summed E-state index contributed by atoms with van der Waals surface area (Å²) >= 11 is 1.62. The Balaban J connectivity index is 1.56. The minimum Gasteiger partial charge on any atom is -0.366 e. The van der Waals surface area contributed by atoms with Crippen molar-refractivity contribution in [2.24, 2.45) is 5.92 Å². The number of piperidine rings is 1. The van der Waals surface area contributed by atoms with E-state index >= 15 is 0 Å². The highest BCUT2D eigenvalue weighted by molar-refractivity contribution is 7.98. The van der Waals surface area contributed by atoms with Crippen molar-refractivity contribution in [1.29, 1.82) is 0 Å². The van der Waals surface area contributed by atoms with E-state index in [-0.39, 0.29) is 0 Å². The van der Waals surface area contributed by atoms with Crippen LogP contribution in [-0.2, 0) is 6.54 Å². The molecule has 0 aromatic carbocycles. The fourth-order valence-electron chi connectivity index (χ4n) is 3.02. The molecule has 2 aromatic heterocycles. The molecule has 1 N–H and O–H groups in total. The van der Waals surface area contributed by atoms with E-state index in [9.17, 15) is 0 Å². The minimum absolute atomic E-state index is 0.446. The highest BCUT2D eigenvalue weighted by atomic mass is 32.2. The Morgan fingerprint density at radius 3 is 3.00 bits per heavy atom. The van der Waals surface area contributed by atoms with Gasteiger partial charge >= 0.3 is 0 Å². The molecule has 0 radical (unpaired) electrons. The summed E-state index contributed by atoms with van der Waals surface area (Å²) in [6, 6.07) is 6.56. The number of nitrogens with one attached hydrogen (secondary N) is 1.